The van der Waals surface area contributed by atoms with Gasteiger partial charge in [-0.3, -0.25) is 4.79 Å². The lowest BCUT2D eigenvalue weighted by Crippen LogP contribution is -2.33. The molecule has 2 aromatic heterocycles. The van der Waals surface area contributed by atoms with Gasteiger partial charge in [0.2, 0.25) is 0 Å². The van der Waals surface area contributed by atoms with E-state index in [1.807, 2.05) is 62.1 Å². The van der Waals surface area contributed by atoms with Crippen molar-refractivity contribution in [2.24, 2.45) is 5.73 Å². The van der Waals surface area contributed by atoms with Crippen LogP contribution < -0.4 is 5.73 Å². The van der Waals surface area contributed by atoms with Gasteiger partial charge in [-0.2, -0.15) is 0 Å². The van der Waals surface area contributed by atoms with E-state index in [9.17, 15) is 4.79 Å². The number of pyridine rings is 1. The first-order valence-corrected chi connectivity index (χ1v) is 9.31. The van der Waals surface area contributed by atoms with Crippen molar-refractivity contribution < 1.29 is 9.32 Å². The molecule has 0 spiro atoms. The normalized spacial score (nSPS) is 11.3. The molecule has 2 heterocycles. The largest absolute Gasteiger partial charge is 0.335 e. The van der Waals surface area contributed by atoms with Crippen molar-refractivity contribution in [3.63, 3.8) is 0 Å². The van der Waals surface area contributed by atoms with Gasteiger partial charge in [0.15, 0.2) is 0 Å². The number of hydrogen-bond acceptors (Lipinski definition) is 5. The van der Waals surface area contributed by atoms with Crippen LogP contribution >= 0.6 is 0 Å². The summed E-state index contributed by atoms with van der Waals surface area (Å²) in [6, 6.07) is 11.8. The zero-order valence-corrected chi connectivity index (χ0v) is 16.1. The highest BCUT2D eigenvalue weighted by Crippen LogP contribution is 2.28. The fourth-order valence-electron chi connectivity index (χ4n) is 3.17. The first kappa shape index (κ1) is 19.0. The first-order chi connectivity index (χ1) is 13.0. The molecule has 0 aliphatic heterocycles. The molecule has 1 amide bonds. The van der Waals surface area contributed by atoms with Gasteiger partial charge in [-0.15, -0.1) is 0 Å². The molecule has 6 heteroatoms. The third kappa shape index (κ3) is 4.17. The molecule has 0 atom stereocenters. The Morgan fingerprint density at radius 2 is 2.00 bits per heavy atom. The van der Waals surface area contributed by atoms with Gasteiger partial charge in [-0.05, 0) is 37.4 Å². The van der Waals surface area contributed by atoms with Crippen LogP contribution in [-0.4, -0.2) is 34.0 Å². The quantitative estimate of drug-likeness (QED) is 0.690. The molecule has 6 nitrogen and oxygen atoms in total. The second-order valence-electron chi connectivity index (χ2n) is 7.07. The Labute approximate surface area is 159 Å². The van der Waals surface area contributed by atoms with Gasteiger partial charge in [0.1, 0.15) is 0 Å². The number of benzene rings is 1. The number of rotatable bonds is 7. The van der Waals surface area contributed by atoms with E-state index in [1.54, 1.807) is 0 Å². The Hall–Kier alpha value is -2.73. The van der Waals surface area contributed by atoms with Gasteiger partial charge in [0, 0.05) is 18.8 Å². The molecule has 0 fully saturated rings. The monoisotopic (exact) mass is 366 g/mol. The molecule has 0 saturated carbocycles. The van der Waals surface area contributed by atoms with Crippen LogP contribution in [0.1, 0.15) is 53.5 Å². The zero-order chi connectivity index (χ0) is 19.4. The van der Waals surface area contributed by atoms with Crippen molar-refractivity contribution in [3.8, 4) is 0 Å². The molecule has 142 valence electrons. The Balaban J connectivity index is 2.03. The number of aromatic nitrogens is 2. The molecule has 0 aliphatic rings. The summed E-state index contributed by atoms with van der Waals surface area (Å²) in [5.41, 5.74) is 9.29. The fourth-order valence-corrected chi connectivity index (χ4v) is 3.17. The van der Waals surface area contributed by atoms with Crippen LogP contribution in [0.4, 0.5) is 0 Å². The summed E-state index contributed by atoms with van der Waals surface area (Å²) in [5, 5.41) is 4.87. The lowest BCUT2D eigenvalue weighted by molar-refractivity contribution is 0.0744. The van der Waals surface area contributed by atoms with E-state index in [0.717, 1.165) is 23.4 Å². The zero-order valence-electron chi connectivity index (χ0n) is 16.1. The van der Waals surface area contributed by atoms with E-state index < -0.39 is 0 Å². The minimum absolute atomic E-state index is 0.0482. The topological polar surface area (TPSA) is 85.2 Å². The van der Waals surface area contributed by atoms with E-state index in [4.69, 9.17) is 10.3 Å². The van der Waals surface area contributed by atoms with Crippen LogP contribution in [0.5, 0.6) is 0 Å². The molecule has 0 unspecified atom stereocenters. The molecule has 3 rings (SSSR count). The average molecular weight is 366 g/mol. The van der Waals surface area contributed by atoms with Gasteiger partial charge < -0.3 is 15.2 Å². The predicted octanol–water partition coefficient (Wildman–Crippen LogP) is 3.65. The molecule has 1 aromatic carbocycles. The number of carbonyl (C=O) groups is 1. The molecule has 0 aliphatic carbocycles. The minimum atomic E-state index is -0.0482. The molecule has 0 bridgehead atoms. The fraction of sp³-hybridized carbons (Fsp3) is 0.381. The van der Waals surface area contributed by atoms with Crippen molar-refractivity contribution in [2.45, 2.75) is 39.7 Å². The van der Waals surface area contributed by atoms with Crippen molar-refractivity contribution >= 4 is 17.0 Å². The van der Waals surface area contributed by atoms with Gasteiger partial charge in [-0.25, -0.2) is 4.98 Å². The molecular formula is C21H26N4O2. The second-order valence-corrected chi connectivity index (χ2v) is 7.07. The summed E-state index contributed by atoms with van der Waals surface area (Å²) in [6.07, 6.45) is 0.743. The second kappa shape index (κ2) is 8.31. The van der Waals surface area contributed by atoms with Crippen molar-refractivity contribution in [2.75, 3.05) is 13.1 Å². The first-order valence-electron chi connectivity index (χ1n) is 9.31. The average Bonchev–Trinajstić information content (AvgIpc) is 3.08. The van der Waals surface area contributed by atoms with Gasteiger partial charge in [-0.1, -0.05) is 49.3 Å². The Bertz CT molecular complexity index is 919. The highest BCUT2D eigenvalue weighted by molar-refractivity contribution is 6.06. The van der Waals surface area contributed by atoms with Crippen LogP contribution in [-0.2, 0) is 6.54 Å². The van der Waals surface area contributed by atoms with Crippen molar-refractivity contribution in [3.05, 3.63) is 58.9 Å². The van der Waals surface area contributed by atoms with Crippen LogP contribution in [0.3, 0.4) is 0 Å². The van der Waals surface area contributed by atoms with Gasteiger partial charge >= 0.3 is 0 Å². The number of fused-ring (bicyclic) bond motifs is 1. The lowest BCUT2D eigenvalue weighted by Gasteiger charge is -2.23. The summed E-state index contributed by atoms with van der Waals surface area (Å²) < 4.78 is 5.41. The number of hydrogen-bond donors (Lipinski definition) is 1. The van der Waals surface area contributed by atoms with Crippen molar-refractivity contribution in [1.82, 2.24) is 15.0 Å². The smallest absolute Gasteiger partial charge is 0.259 e. The Morgan fingerprint density at radius 3 is 2.67 bits per heavy atom. The third-order valence-electron chi connectivity index (χ3n) is 4.51. The number of aryl methyl sites for hydroxylation is 1. The minimum Gasteiger partial charge on any atom is -0.335 e. The van der Waals surface area contributed by atoms with Crippen molar-refractivity contribution in [1.29, 1.82) is 0 Å². The number of amides is 1. The predicted molar refractivity (Wildman–Crippen MR) is 105 cm³/mol. The van der Waals surface area contributed by atoms with E-state index >= 15 is 0 Å². The van der Waals surface area contributed by atoms with Crippen LogP contribution in [0.25, 0.3) is 11.1 Å². The number of nitrogens with two attached hydrogens (primary N) is 1. The standard InChI is InChI=1S/C21H26N4O2/c1-14(2)19-18-17(12-15(3)23-20(18)27-24-19)21(26)25(11-7-10-22)13-16-8-5-4-6-9-16/h4-6,8-9,12,14H,7,10-11,13,22H2,1-3H3. The summed E-state index contributed by atoms with van der Waals surface area (Å²) in [7, 11) is 0. The van der Waals surface area contributed by atoms with E-state index in [-0.39, 0.29) is 11.8 Å². The number of nitrogens with zero attached hydrogens (tertiary/aromatic N) is 3. The lowest BCUT2D eigenvalue weighted by atomic mass is 10.0. The molecule has 0 saturated heterocycles. The maximum Gasteiger partial charge on any atom is 0.259 e. The maximum atomic E-state index is 13.5. The maximum absolute atomic E-state index is 13.5. The Kier molecular flexibility index (Phi) is 5.86. The summed E-state index contributed by atoms with van der Waals surface area (Å²) in [4.78, 5) is 19.7. The van der Waals surface area contributed by atoms with E-state index in [2.05, 4.69) is 10.1 Å². The van der Waals surface area contributed by atoms with Gasteiger partial charge in [0.25, 0.3) is 11.6 Å². The van der Waals surface area contributed by atoms with E-state index in [0.29, 0.717) is 36.3 Å². The Morgan fingerprint density at radius 1 is 1.26 bits per heavy atom. The van der Waals surface area contributed by atoms with Crippen LogP contribution in [0.15, 0.2) is 40.9 Å². The van der Waals surface area contributed by atoms with Crippen LogP contribution in [0.2, 0.25) is 0 Å². The van der Waals surface area contributed by atoms with E-state index in [1.165, 1.54) is 0 Å². The molecule has 3 aromatic rings. The number of carbonyl (C=O) groups excluding carboxylic acids is 1. The summed E-state index contributed by atoms with van der Waals surface area (Å²) >= 11 is 0. The highest BCUT2D eigenvalue weighted by Gasteiger charge is 2.24. The van der Waals surface area contributed by atoms with Gasteiger partial charge in [0.05, 0.1) is 16.6 Å². The highest BCUT2D eigenvalue weighted by atomic mass is 16.5. The molecule has 2 N–H and O–H groups in total. The molecule has 0 radical (unpaired) electrons. The third-order valence-corrected chi connectivity index (χ3v) is 4.51. The summed E-state index contributed by atoms with van der Waals surface area (Å²) in [6.45, 7) is 7.58. The molecule has 27 heavy (non-hydrogen) atoms. The molecular weight excluding hydrogens is 340 g/mol. The van der Waals surface area contributed by atoms with Crippen LogP contribution in [0, 0.1) is 6.92 Å². The SMILES string of the molecule is Cc1cc(C(=O)N(CCCN)Cc2ccccc2)c2c(C(C)C)noc2n1. The summed E-state index contributed by atoms with van der Waals surface area (Å²) in [5.74, 6) is 0.0850.